The van der Waals surface area contributed by atoms with Crippen molar-refractivity contribution in [1.29, 1.82) is 0 Å². The molecule has 19 heavy (non-hydrogen) atoms. The highest BCUT2D eigenvalue weighted by Gasteiger charge is 2.22. The second-order valence-electron chi connectivity index (χ2n) is 5.03. The molecule has 0 aliphatic carbocycles. The molecule has 7 heteroatoms. The number of carbonyl (C=O) groups is 1. The number of anilines is 1. The number of aryl methyl sites for hydroxylation is 2. The monoisotopic (exact) mass is 262 g/mol. The first-order valence-electron chi connectivity index (χ1n) is 6.51. The average Bonchev–Trinajstić information content (AvgIpc) is 3.02. The van der Waals surface area contributed by atoms with Gasteiger partial charge in [-0.05, 0) is 19.8 Å². The van der Waals surface area contributed by atoms with Crippen LogP contribution in [-0.4, -0.2) is 43.2 Å². The predicted octanol–water partition coefficient (Wildman–Crippen LogP) is 0.283. The Hall–Kier alpha value is -2.05. The van der Waals surface area contributed by atoms with Crippen LogP contribution in [0.15, 0.2) is 0 Å². The molecule has 1 saturated heterocycles. The van der Waals surface area contributed by atoms with E-state index in [4.69, 9.17) is 5.73 Å². The fraction of sp³-hybridized carbons (Fsp3) is 0.583. The van der Waals surface area contributed by atoms with Gasteiger partial charge in [0.25, 0.3) is 0 Å². The van der Waals surface area contributed by atoms with Crippen molar-refractivity contribution in [3.8, 4) is 0 Å². The summed E-state index contributed by atoms with van der Waals surface area (Å²) < 4.78 is 3.47. The maximum atomic E-state index is 12.2. The van der Waals surface area contributed by atoms with Gasteiger partial charge >= 0.3 is 0 Å². The van der Waals surface area contributed by atoms with Gasteiger partial charge in [-0.1, -0.05) is 0 Å². The number of hydrogen-bond donors (Lipinski definition) is 1. The maximum Gasteiger partial charge on any atom is 0.242 e. The number of aromatic nitrogens is 4. The SMILES string of the molecule is Cc1nn(C)c2c1nc(N)n2CC(=O)N1CCCC1. The number of rotatable bonds is 2. The molecule has 0 unspecified atom stereocenters. The lowest BCUT2D eigenvalue weighted by molar-refractivity contribution is -0.130. The molecule has 0 spiro atoms. The van der Waals surface area contributed by atoms with Crippen molar-refractivity contribution < 1.29 is 4.79 Å². The lowest BCUT2D eigenvalue weighted by Crippen LogP contribution is -2.31. The maximum absolute atomic E-state index is 12.2. The third-order valence-electron chi connectivity index (χ3n) is 3.67. The second kappa shape index (κ2) is 4.25. The first-order chi connectivity index (χ1) is 9.08. The highest BCUT2D eigenvalue weighted by molar-refractivity contribution is 5.82. The van der Waals surface area contributed by atoms with Gasteiger partial charge in [-0.2, -0.15) is 5.10 Å². The van der Waals surface area contributed by atoms with Gasteiger partial charge in [0.15, 0.2) is 5.65 Å². The van der Waals surface area contributed by atoms with E-state index in [1.807, 2.05) is 18.9 Å². The number of nitrogens with zero attached hydrogens (tertiary/aromatic N) is 5. The van der Waals surface area contributed by atoms with Gasteiger partial charge in [-0.25, -0.2) is 4.98 Å². The van der Waals surface area contributed by atoms with E-state index in [-0.39, 0.29) is 12.5 Å². The highest BCUT2D eigenvalue weighted by atomic mass is 16.2. The largest absolute Gasteiger partial charge is 0.369 e. The highest BCUT2D eigenvalue weighted by Crippen LogP contribution is 2.20. The van der Waals surface area contributed by atoms with Crippen molar-refractivity contribution in [3.05, 3.63) is 5.69 Å². The standard InChI is InChI=1S/C12H18N6O/c1-8-10-11(16(2)15-8)18(12(13)14-10)7-9(19)17-5-3-4-6-17/h3-7H2,1-2H3,(H2,13,14). The number of imidazole rings is 1. The van der Waals surface area contributed by atoms with Crippen molar-refractivity contribution in [2.45, 2.75) is 26.3 Å². The predicted molar refractivity (Wildman–Crippen MR) is 71.5 cm³/mol. The summed E-state index contributed by atoms with van der Waals surface area (Å²) >= 11 is 0. The van der Waals surface area contributed by atoms with Crippen LogP contribution >= 0.6 is 0 Å². The summed E-state index contributed by atoms with van der Waals surface area (Å²) in [5.74, 6) is 0.473. The lowest BCUT2D eigenvalue weighted by atomic mass is 10.4. The Morgan fingerprint density at radius 3 is 2.74 bits per heavy atom. The zero-order valence-corrected chi connectivity index (χ0v) is 11.3. The van der Waals surface area contributed by atoms with E-state index >= 15 is 0 Å². The minimum Gasteiger partial charge on any atom is -0.369 e. The van der Waals surface area contributed by atoms with Crippen molar-refractivity contribution in [1.82, 2.24) is 24.2 Å². The number of nitrogen functional groups attached to an aromatic ring is 1. The van der Waals surface area contributed by atoms with Crippen molar-refractivity contribution in [2.24, 2.45) is 7.05 Å². The van der Waals surface area contributed by atoms with E-state index in [1.165, 1.54) is 0 Å². The van der Waals surface area contributed by atoms with Crippen LogP contribution in [0.1, 0.15) is 18.5 Å². The van der Waals surface area contributed by atoms with Crippen LogP contribution in [0.3, 0.4) is 0 Å². The second-order valence-corrected chi connectivity index (χ2v) is 5.03. The van der Waals surface area contributed by atoms with Crippen LogP contribution < -0.4 is 5.73 Å². The number of amides is 1. The lowest BCUT2D eigenvalue weighted by Gasteiger charge is -2.16. The Kier molecular flexibility index (Phi) is 2.69. The quantitative estimate of drug-likeness (QED) is 0.843. The third kappa shape index (κ3) is 1.85. The Labute approximate surface area is 111 Å². The molecule has 0 radical (unpaired) electrons. The van der Waals surface area contributed by atoms with E-state index in [0.29, 0.717) is 5.95 Å². The minimum absolute atomic E-state index is 0.0994. The topological polar surface area (TPSA) is 82.0 Å². The molecule has 2 aromatic heterocycles. The summed E-state index contributed by atoms with van der Waals surface area (Å²) in [4.78, 5) is 18.4. The number of fused-ring (bicyclic) bond motifs is 1. The minimum atomic E-state index is 0.0994. The van der Waals surface area contributed by atoms with Crippen LogP contribution in [0.4, 0.5) is 5.95 Å². The Morgan fingerprint density at radius 2 is 2.05 bits per heavy atom. The van der Waals surface area contributed by atoms with Crippen LogP contribution in [-0.2, 0) is 18.4 Å². The van der Waals surface area contributed by atoms with Crippen LogP contribution in [0.2, 0.25) is 0 Å². The van der Waals surface area contributed by atoms with E-state index in [1.54, 1.807) is 9.25 Å². The molecule has 3 heterocycles. The molecule has 2 aromatic rings. The molecule has 2 N–H and O–H groups in total. The van der Waals surface area contributed by atoms with Crippen molar-refractivity contribution >= 4 is 23.0 Å². The van der Waals surface area contributed by atoms with Gasteiger partial charge in [0, 0.05) is 20.1 Å². The van der Waals surface area contributed by atoms with E-state index < -0.39 is 0 Å². The molecule has 0 saturated carbocycles. The van der Waals surface area contributed by atoms with Crippen LogP contribution in [0.5, 0.6) is 0 Å². The average molecular weight is 262 g/mol. The molecular formula is C12H18N6O. The summed E-state index contributed by atoms with van der Waals surface area (Å²) in [6.45, 7) is 3.82. The zero-order chi connectivity index (χ0) is 13.6. The van der Waals surface area contributed by atoms with Gasteiger partial charge in [0.1, 0.15) is 12.1 Å². The van der Waals surface area contributed by atoms with E-state index in [0.717, 1.165) is 42.8 Å². The van der Waals surface area contributed by atoms with Gasteiger partial charge in [0.05, 0.1) is 5.69 Å². The van der Waals surface area contributed by atoms with Crippen molar-refractivity contribution in [2.75, 3.05) is 18.8 Å². The van der Waals surface area contributed by atoms with Gasteiger partial charge in [-0.3, -0.25) is 14.0 Å². The molecule has 1 aliphatic heterocycles. The molecule has 3 rings (SSSR count). The normalized spacial score (nSPS) is 15.6. The Balaban J connectivity index is 1.95. The first-order valence-corrected chi connectivity index (χ1v) is 6.51. The zero-order valence-electron chi connectivity index (χ0n) is 11.3. The van der Waals surface area contributed by atoms with Crippen LogP contribution in [0, 0.1) is 6.92 Å². The molecule has 102 valence electrons. The number of carbonyl (C=O) groups excluding carboxylic acids is 1. The molecule has 7 nitrogen and oxygen atoms in total. The molecule has 0 atom stereocenters. The third-order valence-corrected chi connectivity index (χ3v) is 3.67. The molecule has 1 aliphatic rings. The fourth-order valence-electron chi connectivity index (χ4n) is 2.71. The number of hydrogen-bond acceptors (Lipinski definition) is 4. The summed E-state index contributed by atoms with van der Waals surface area (Å²) in [7, 11) is 1.84. The van der Waals surface area contributed by atoms with Gasteiger partial charge < -0.3 is 10.6 Å². The number of nitrogens with two attached hydrogens (primary N) is 1. The Morgan fingerprint density at radius 1 is 1.37 bits per heavy atom. The summed E-state index contributed by atoms with van der Waals surface area (Å²) in [5.41, 5.74) is 8.33. The van der Waals surface area contributed by atoms with E-state index in [2.05, 4.69) is 10.1 Å². The number of likely N-dealkylation sites (tertiary alicyclic amines) is 1. The molecule has 0 bridgehead atoms. The molecule has 0 aromatic carbocycles. The summed E-state index contributed by atoms with van der Waals surface area (Å²) in [6.07, 6.45) is 2.18. The molecule has 1 fully saturated rings. The van der Waals surface area contributed by atoms with Gasteiger partial charge in [0.2, 0.25) is 11.9 Å². The smallest absolute Gasteiger partial charge is 0.242 e. The summed E-state index contributed by atoms with van der Waals surface area (Å²) in [6, 6.07) is 0. The molecular weight excluding hydrogens is 244 g/mol. The van der Waals surface area contributed by atoms with E-state index in [9.17, 15) is 4.79 Å². The summed E-state index contributed by atoms with van der Waals surface area (Å²) in [5, 5.41) is 4.31. The Bertz CT molecular complexity index is 634. The first kappa shape index (κ1) is 12.0. The van der Waals surface area contributed by atoms with Crippen molar-refractivity contribution in [3.63, 3.8) is 0 Å². The van der Waals surface area contributed by atoms with Crippen LogP contribution in [0.25, 0.3) is 11.2 Å². The molecule has 1 amide bonds. The fourth-order valence-corrected chi connectivity index (χ4v) is 2.71. The van der Waals surface area contributed by atoms with Gasteiger partial charge in [-0.15, -0.1) is 0 Å².